The Morgan fingerprint density at radius 3 is 2.81 bits per heavy atom. The van der Waals surface area contributed by atoms with E-state index >= 15 is 0 Å². The van der Waals surface area contributed by atoms with Crippen molar-refractivity contribution in [3.63, 3.8) is 0 Å². The number of halogens is 2. The molecule has 1 aliphatic rings. The van der Waals surface area contributed by atoms with Crippen molar-refractivity contribution in [2.45, 2.75) is 18.9 Å². The van der Waals surface area contributed by atoms with Crippen LogP contribution in [0.15, 0.2) is 48.8 Å². The van der Waals surface area contributed by atoms with Crippen LogP contribution < -0.4 is 10.6 Å². The van der Waals surface area contributed by atoms with E-state index in [2.05, 4.69) is 20.8 Å². The number of piperidine rings is 1. The summed E-state index contributed by atoms with van der Waals surface area (Å²) in [4.78, 5) is 12.4. The summed E-state index contributed by atoms with van der Waals surface area (Å²) < 4.78 is 3.49. The van der Waals surface area contributed by atoms with Crippen molar-refractivity contribution in [2.75, 3.05) is 18.4 Å². The lowest BCUT2D eigenvalue weighted by Gasteiger charge is -2.22. The third kappa shape index (κ3) is 4.32. The van der Waals surface area contributed by atoms with Crippen LogP contribution in [0.3, 0.4) is 0 Å². The monoisotopic (exact) mass is 406 g/mol. The summed E-state index contributed by atoms with van der Waals surface area (Å²) in [5, 5.41) is 15.5. The molecule has 3 aromatic rings. The van der Waals surface area contributed by atoms with Gasteiger partial charge >= 0.3 is 0 Å². The lowest BCUT2D eigenvalue weighted by atomic mass is 10.1. The predicted molar refractivity (Wildman–Crippen MR) is 107 cm³/mol. The summed E-state index contributed by atoms with van der Waals surface area (Å²) in [5.74, 6) is 0.167. The van der Waals surface area contributed by atoms with Crippen LogP contribution >= 0.6 is 24.0 Å². The molecule has 1 aliphatic heterocycles. The smallest absolute Gasteiger partial charge is 0.277 e. The average Bonchev–Trinajstić information content (AvgIpc) is 3.33. The second kappa shape index (κ2) is 8.56. The standard InChI is InChI=1S/C18H19ClN6O.ClH/c19-14-5-1-2-6-16(14)25-11-8-17(23-25)21-18(26)15-7-10-24(22-15)13-4-3-9-20-12-13;/h1-2,5-8,10-11,13,20H,3-4,9,12H2,(H,21,23,26);1H. The summed E-state index contributed by atoms with van der Waals surface area (Å²) in [6.45, 7) is 1.92. The minimum absolute atomic E-state index is 0. The van der Waals surface area contributed by atoms with E-state index < -0.39 is 0 Å². The molecule has 1 saturated heterocycles. The van der Waals surface area contributed by atoms with Crippen LogP contribution in [0.5, 0.6) is 0 Å². The third-order valence-corrected chi connectivity index (χ3v) is 4.74. The van der Waals surface area contributed by atoms with E-state index in [0.29, 0.717) is 22.6 Å². The number of hydrogen-bond donors (Lipinski definition) is 2. The van der Waals surface area contributed by atoms with Crippen LogP contribution in [-0.4, -0.2) is 38.6 Å². The number of carbonyl (C=O) groups excluding carboxylic acids is 1. The van der Waals surface area contributed by atoms with Crippen molar-refractivity contribution in [3.05, 3.63) is 59.5 Å². The third-order valence-electron chi connectivity index (χ3n) is 4.42. The molecule has 1 unspecified atom stereocenters. The number of nitrogens with zero attached hydrogens (tertiary/aromatic N) is 4. The molecule has 0 bridgehead atoms. The fourth-order valence-electron chi connectivity index (χ4n) is 3.06. The number of para-hydroxylation sites is 1. The van der Waals surface area contributed by atoms with Gasteiger partial charge in [-0.15, -0.1) is 17.5 Å². The molecule has 27 heavy (non-hydrogen) atoms. The highest BCUT2D eigenvalue weighted by atomic mass is 35.5. The first-order chi connectivity index (χ1) is 12.7. The second-order valence-corrected chi connectivity index (χ2v) is 6.64. The van der Waals surface area contributed by atoms with Gasteiger partial charge in [0.15, 0.2) is 11.5 Å². The lowest BCUT2D eigenvalue weighted by Crippen LogP contribution is -2.32. The predicted octanol–water partition coefficient (Wildman–Crippen LogP) is 3.32. The van der Waals surface area contributed by atoms with E-state index in [1.165, 1.54) is 0 Å². The number of hydrogen-bond acceptors (Lipinski definition) is 4. The Morgan fingerprint density at radius 1 is 1.19 bits per heavy atom. The maximum absolute atomic E-state index is 12.4. The number of amides is 1. The van der Waals surface area contributed by atoms with Crippen molar-refractivity contribution in [1.82, 2.24) is 24.9 Å². The molecule has 1 fully saturated rings. The van der Waals surface area contributed by atoms with Gasteiger partial charge in [0.25, 0.3) is 5.91 Å². The van der Waals surface area contributed by atoms with Crippen LogP contribution in [0.2, 0.25) is 5.02 Å². The second-order valence-electron chi connectivity index (χ2n) is 6.23. The van der Waals surface area contributed by atoms with Gasteiger partial charge in [-0.2, -0.15) is 5.10 Å². The summed E-state index contributed by atoms with van der Waals surface area (Å²) >= 11 is 6.18. The SMILES string of the molecule is Cl.O=C(Nc1ccn(-c2ccccc2Cl)n1)c1ccn(C2CCCNC2)n1. The van der Waals surface area contributed by atoms with Crippen LogP contribution in [0, 0.1) is 0 Å². The van der Waals surface area contributed by atoms with Gasteiger partial charge in [0.1, 0.15) is 0 Å². The van der Waals surface area contributed by atoms with Crippen LogP contribution in [-0.2, 0) is 0 Å². The van der Waals surface area contributed by atoms with Gasteiger partial charge in [-0.3, -0.25) is 9.48 Å². The summed E-state index contributed by atoms with van der Waals surface area (Å²) in [5.41, 5.74) is 1.13. The first-order valence-corrected chi connectivity index (χ1v) is 8.96. The Hall–Kier alpha value is -2.35. The Labute approximate surface area is 168 Å². The molecule has 142 valence electrons. The summed E-state index contributed by atoms with van der Waals surface area (Å²) in [7, 11) is 0. The molecule has 2 N–H and O–H groups in total. The number of benzene rings is 1. The Bertz CT molecular complexity index is 916. The van der Waals surface area contributed by atoms with Crippen molar-refractivity contribution >= 4 is 35.7 Å². The summed E-state index contributed by atoms with van der Waals surface area (Å²) in [6.07, 6.45) is 5.79. The van der Waals surface area contributed by atoms with Crippen molar-refractivity contribution in [1.29, 1.82) is 0 Å². The minimum atomic E-state index is -0.281. The molecule has 2 aromatic heterocycles. The average molecular weight is 407 g/mol. The van der Waals surface area contributed by atoms with Crippen LogP contribution in [0.4, 0.5) is 5.82 Å². The van der Waals surface area contributed by atoms with E-state index in [9.17, 15) is 4.79 Å². The highest BCUT2D eigenvalue weighted by Gasteiger charge is 2.18. The molecule has 7 nitrogen and oxygen atoms in total. The minimum Gasteiger partial charge on any atom is -0.315 e. The molecular formula is C18H20Cl2N6O. The highest BCUT2D eigenvalue weighted by molar-refractivity contribution is 6.32. The van der Waals surface area contributed by atoms with Crippen molar-refractivity contribution in [3.8, 4) is 5.69 Å². The Morgan fingerprint density at radius 2 is 2.04 bits per heavy atom. The zero-order valence-electron chi connectivity index (χ0n) is 14.5. The Kier molecular flexibility index (Phi) is 6.15. The quantitative estimate of drug-likeness (QED) is 0.696. The molecule has 9 heteroatoms. The molecule has 1 aromatic carbocycles. The number of nitrogens with one attached hydrogen (secondary N) is 2. The molecule has 0 radical (unpaired) electrons. The molecule has 1 atom stereocenters. The molecule has 4 rings (SSSR count). The number of aromatic nitrogens is 4. The lowest BCUT2D eigenvalue weighted by molar-refractivity contribution is 0.102. The van der Waals surface area contributed by atoms with Crippen molar-refractivity contribution in [2.24, 2.45) is 0 Å². The van der Waals surface area contributed by atoms with Gasteiger partial charge in [-0.25, -0.2) is 4.68 Å². The highest BCUT2D eigenvalue weighted by Crippen LogP contribution is 2.20. The van der Waals surface area contributed by atoms with Crippen LogP contribution in [0.1, 0.15) is 29.4 Å². The largest absolute Gasteiger partial charge is 0.315 e. The molecule has 0 spiro atoms. The first kappa shape index (κ1) is 19.4. The summed E-state index contributed by atoms with van der Waals surface area (Å²) in [6, 6.07) is 11.1. The number of rotatable bonds is 4. The van der Waals surface area contributed by atoms with E-state index in [4.69, 9.17) is 11.6 Å². The number of anilines is 1. The van der Waals surface area contributed by atoms with E-state index in [-0.39, 0.29) is 18.3 Å². The molecule has 0 aliphatic carbocycles. The van der Waals surface area contributed by atoms with Crippen molar-refractivity contribution < 1.29 is 4.79 Å². The van der Waals surface area contributed by atoms with Crippen LogP contribution in [0.25, 0.3) is 5.69 Å². The van der Waals surface area contributed by atoms with E-state index in [0.717, 1.165) is 31.6 Å². The maximum atomic E-state index is 12.4. The Balaban J connectivity index is 0.00000210. The van der Waals surface area contributed by atoms with E-state index in [1.54, 1.807) is 29.1 Å². The molecule has 1 amide bonds. The topological polar surface area (TPSA) is 76.8 Å². The van der Waals surface area contributed by atoms with Gasteiger partial charge < -0.3 is 10.6 Å². The zero-order valence-corrected chi connectivity index (χ0v) is 16.1. The maximum Gasteiger partial charge on any atom is 0.277 e. The van der Waals surface area contributed by atoms with E-state index in [1.807, 2.05) is 29.1 Å². The first-order valence-electron chi connectivity index (χ1n) is 8.58. The molecule has 0 saturated carbocycles. The van der Waals surface area contributed by atoms with Gasteiger partial charge in [0.2, 0.25) is 0 Å². The normalized spacial score (nSPS) is 16.6. The zero-order chi connectivity index (χ0) is 17.9. The molecular weight excluding hydrogens is 387 g/mol. The fraction of sp³-hybridized carbons (Fsp3) is 0.278. The fourth-order valence-corrected chi connectivity index (χ4v) is 3.29. The van der Waals surface area contributed by atoms with Gasteiger partial charge in [-0.1, -0.05) is 23.7 Å². The van der Waals surface area contributed by atoms with Gasteiger partial charge in [0.05, 0.1) is 16.8 Å². The van der Waals surface area contributed by atoms with Gasteiger partial charge in [0, 0.05) is 25.0 Å². The van der Waals surface area contributed by atoms with Gasteiger partial charge in [-0.05, 0) is 37.6 Å². The molecule has 3 heterocycles. The number of carbonyl (C=O) groups is 1.